The molecule has 0 aromatic carbocycles. The van der Waals surface area contributed by atoms with Crippen molar-refractivity contribution in [2.45, 2.75) is 50.6 Å². The molecule has 6 heteroatoms. The van der Waals surface area contributed by atoms with Crippen molar-refractivity contribution in [3.05, 3.63) is 0 Å². The first-order valence-electron chi connectivity index (χ1n) is 4.59. The third-order valence-electron chi connectivity index (χ3n) is 2.92. The highest BCUT2D eigenvalue weighted by Crippen LogP contribution is 2.40. The van der Waals surface area contributed by atoms with Crippen molar-refractivity contribution in [3.63, 3.8) is 0 Å². The van der Waals surface area contributed by atoms with Gasteiger partial charge in [0, 0.05) is 0 Å². The van der Waals surface area contributed by atoms with E-state index in [1.165, 1.54) is 6.92 Å². The van der Waals surface area contributed by atoms with Gasteiger partial charge in [0.05, 0.1) is 6.10 Å². The fraction of sp³-hybridized carbons (Fsp3) is 0.889. The average Bonchev–Trinajstić information content (AvgIpc) is 2.12. The lowest BCUT2D eigenvalue weighted by Gasteiger charge is -2.46. The Kier molecular flexibility index (Phi) is 2.88. The summed E-state index contributed by atoms with van der Waals surface area (Å²) in [6.45, 7) is 3.30. The third kappa shape index (κ3) is 1.56. The Morgan fingerprint density at radius 1 is 1.33 bits per heavy atom. The summed E-state index contributed by atoms with van der Waals surface area (Å²) in [7, 11) is 0. The summed E-state index contributed by atoms with van der Waals surface area (Å²) in [5.41, 5.74) is -2.55. The Hall–Kier alpha value is -0.590. The van der Waals surface area contributed by atoms with Crippen LogP contribution in [0.15, 0.2) is 0 Å². The van der Waals surface area contributed by atoms with E-state index in [9.17, 15) is 23.8 Å². The zero-order valence-corrected chi connectivity index (χ0v) is 8.70. The molecule has 0 amide bonds. The number of aliphatic hydroxyl groups is 2. The molecule has 15 heavy (non-hydrogen) atoms. The highest BCUT2D eigenvalue weighted by Gasteiger charge is 2.64. The maximum atomic E-state index is 13.3. The van der Waals surface area contributed by atoms with Gasteiger partial charge in [-0.05, 0) is 20.8 Å². The summed E-state index contributed by atoms with van der Waals surface area (Å²) in [5.74, 6) is -4.58. The lowest BCUT2D eigenvalue weighted by Crippen LogP contribution is -2.70. The summed E-state index contributed by atoms with van der Waals surface area (Å²) in [6.07, 6.45) is -5.15. The Morgan fingerprint density at radius 2 is 1.80 bits per heavy atom. The number of carbonyl (C=O) groups is 1. The number of hydrogen-bond donors (Lipinski definition) is 2. The molecule has 4 unspecified atom stereocenters. The van der Waals surface area contributed by atoms with Crippen LogP contribution in [0, 0.1) is 0 Å². The van der Waals surface area contributed by atoms with Crippen LogP contribution in [-0.4, -0.2) is 45.8 Å². The van der Waals surface area contributed by atoms with E-state index in [0.29, 0.717) is 0 Å². The second-order valence-corrected chi connectivity index (χ2v) is 3.88. The number of rotatable bonds is 1. The van der Waals surface area contributed by atoms with E-state index in [0.717, 1.165) is 13.8 Å². The SMILES string of the molecule is CC(=O)C1(O)C(C)OC(C)C(F)(F)C1O. The van der Waals surface area contributed by atoms with E-state index < -0.39 is 35.6 Å². The number of carbonyl (C=O) groups excluding carboxylic acids is 1. The molecule has 0 aromatic rings. The minimum atomic E-state index is -3.65. The lowest BCUT2D eigenvalue weighted by molar-refractivity contribution is -0.306. The Balaban J connectivity index is 3.14. The fourth-order valence-corrected chi connectivity index (χ4v) is 1.72. The first-order chi connectivity index (χ1) is 6.65. The molecule has 1 heterocycles. The van der Waals surface area contributed by atoms with Gasteiger partial charge < -0.3 is 14.9 Å². The van der Waals surface area contributed by atoms with Crippen LogP contribution in [-0.2, 0) is 9.53 Å². The van der Waals surface area contributed by atoms with Crippen molar-refractivity contribution in [1.29, 1.82) is 0 Å². The molecule has 1 aliphatic heterocycles. The molecule has 4 atom stereocenters. The van der Waals surface area contributed by atoms with Gasteiger partial charge in [0.15, 0.2) is 17.5 Å². The van der Waals surface area contributed by atoms with Gasteiger partial charge in [0.2, 0.25) is 0 Å². The van der Waals surface area contributed by atoms with Gasteiger partial charge >= 0.3 is 5.92 Å². The third-order valence-corrected chi connectivity index (χ3v) is 2.92. The number of hydrogen-bond acceptors (Lipinski definition) is 4. The minimum absolute atomic E-state index is 0.936. The van der Waals surface area contributed by atoms with Gasteiger partial charge in [-0.3, -0.25) is 4.79 Å². The topological polar surface area (TPSA) is 66.8 Å². The number of ether oxygens (including phenoxy) is 1. The van der Waals surface area contributed by atoms with Gasteiger partial charge in [-0.25, -0.2) is 8.78 Å². The molecule has 88 valence electrons. The van der Waals surface area contributed by atoms with E-state index in [2.05, 4.69) is 0 Å². The molecular weight excluding hydrogens is 210 g/mol. The van der Waals surface area contributed by atoms with Crippen molar-refractivity contribution in [2.75, 3.05) is 0 Å². The number of aliphatic hydroxyl groups excluding tert-OH is 1. The molecule has 1 rings (SSSR count). The molecule has 1 saturated heterocycles. The fourth-order valence-electron chi connectivity index (χ4n) is 1.72. The predicted octanol–water partition coefficient (Wildman–Crippen LogP) is 0.110. The zero-order chi connectivity index (χ0) is 12.0. The molecule has 1 fully saturated rings. The molecule has 4 nitrogen and oxygen atoms in total. The van der Waals surface area contributed by atoms with E-state index in [4.69, 9.17) is 4.74 Å². The number of Topliss-reactive ketones (excluding diaryl/α,β-unsaturated/α-hetero) is 1. The van der Waals surface area contributed by atoms with Crippen molar-refractivity contribution in [3.8, 4) is 0 Å². The highest BCUT2D eigenvalue weighted by molar-refractivity contribution is 5.86. The predicted molar refractivity (Wildman–Crippen MR) is 46.6 cm³/mol. The first kappa shape index (κ1) is 12.5. The second kappa shape index (κ2) is 3.47. The Bertz CT molecular complexity index is 281. The summed E-state index contributed by atoms with van der Waals surface area (Å²) < 4.78 is 31.4. The monoisotopic (exact) mass is 224 g/mol. The quantitative estimate of drug-likeness (QED) is 0.663. The Morgan fingerprint density at radius 3 is 2.20 bits per heavy atom. The standard InChI is InChI=1S/C9H14F2O4/c1-4(12)8(14)5(2)15-6(3)9(10,11)7(8)13/h5-7,13-14H,1-3H3. The molecule has 1 aliphatic rings. The van der Waals surface area contributed by atoms with E-state index >= 15 is 0 Å². The molecule has 0 saturated carbocycles. The van der Waals surface area contributed by atoms with Crippen LogP contribution in [0.25, 0.3) is 0 Å². The second-order valence-electron chi connectivity index (χ2n) is 3.88. The minimum Gasteiger partial charge on any atom is -0.383 e. The van der Waals surface area contributed by atoms with Crippen molar-refractivity contribution in [1.82, 2.24) is 0 Å². The summed E-state index contributed by atoms with van der Waals surface area (Å²) >= 11 is 0. The molecular formula is C9H14F2O4. The molecule has 0 aliphatic carbocycles. The van der Waals surface area contributed by atoms with Gasteiger partial charge in [0.25, 0.3) is 0 Å². The van der Waals surface area contributed by atoms with E-state index in [1.54, 1.807) is 0 Å². The highest BCUT2D eigenvalue weighted by atomic mass is 19.3. The van der Waals surface area contributed by atoms with E-state index in [1.807, 2.05) is 0 Å². The van der Waals surface area contributed by atoms with Crippen LogP contribution in [0.1, 0.15) is 20.8 Å². The van der Waals surface area contributed by atoms with E-state index in [-0.39, 0.29) is 0 Å². The van der Waals surface area contributed by atoms with Gasteiger partial charge in [-0.2, -0.15) is 0 Å². The molecule has 0 spiro atoms. The maximum absolute atomic E-state index is 13.3. The zero-order valence-electron chi connectivity index (χ0n) is 8.70. The van der Waals surface area contributed by atoms with Gasteiger partial charge in [-0.1, -0.05) is 0 Å². The van der Waals surface area contributed by atoms with Crippen molar-refractivity contribution >= 4 is 5.78 Å². The summed E-state index contributed by atoms with van der Waals surface area (Å²) in [6, 6.07) is 0. The van der Waals surface area contributed by atoms with Crippen LogP contribution in [0.4, 0.5) is 8.78 Å². The van der Waals surface area contributed by atoms with Crippen LogP contribution in [0.2, 0.25) is 0 Å². The van der Waals surface area contributed by atoms with Crippen LogP contribution < -0.4 is 0 Å². The largest absolute Gasteiger partial charge is 0.383 e. The van der Waals surface area contributed by atoms with Gasteiger partial charge in [0.1, 0.15) is 6.10 Å². The van der Waals surface area contributed by atoms with Crippen LogP contribution >= 0.6 is 0 Å². The number of ketones is 1. The lowest BCUT2D eigenvalue weighted by atomic mass is 9.80. The average molecular weight is 224 g/mol. The Labute approximate surface area is 85.8 Å². The van der Waals surface area contributed by atoms with Crippen molar-refractivity contribution < 1.29 is 28.5 Å². The summed E-state index contributed by atoms with van der Waals surface area (Å²) in [5, 5.41) is 19.1. The smallest absolute Gasteiger partial charge is 0.302 e. The summed E-state index contributed by atoms with van der Waals surface area (Å²) in [4.78, 5) is 11.1. The molecule has 0 bridgehead atoms. The van der Waals surface area contributed by atoms with Crippen molar-refractivity contribution in [2.24, 2.45) is 0 Å². The molecule has 0 aromatic heterocycles. The van der Waals surface area contributed by atoms with Crippen LogP contribution in [0.5, 0.6) is 0 Å². The van der Waals surface area contributed by atoms with Crippen LogP contribution in [0.3, 0.4) is 0 Å². The normalized spacial score (nSPS) is 45.1. The maximum Gasteiger partial charge on any atom is 0.302 e. The first-order valence-corrected chi connectivity index (χ1v) is 4.59. The molecule has 2 N–H and O–H groups in total. The van der Waals surface area contributed by atoms with Gasteiger partial charge in [-0.15, -0.1) is 0 Å². The number of halogens is 2. The number of alkyl halides is 2. The molecule has 0 radical (unpaired) electrons.